The molecule has 1 atom stereocenters. The first-order chi connectivity index (χ1) is 11.0. The van der Waals surface area contributed by atoms with Crippen LogP contribution in [0.2, 0.25) is 0 Å². The molecule has 0 N–H and O–H groups in total. The first kappa shape index (κ1) is 17.6. The third-order valence-electron chi connectivity index (χ3n) is 3.85. The third-order valence-corrected chi connectivity index (χ3v) is 6.29. The van der Waals surface area contributed by atoms with Gasteiger partial charge in [0.1, 0.15) is 4.91 Å². The minimum Gasteiger partial charge on any atom is -0.0989 e. The molecule has 0 saturated heterocycles. The van der Waals surface area contributed by atoms with Crippen molar-refractivity contribution in [3.63, 3.8) is 0 Å². The van der Waals surface area contributed by atoms with Crippen LogP contribution >= 0.6 is 0 Å². The Morgan fingerprint density at radius 2 is 1.52 bits per heavy atom. The zero-order valence-electron chi connectivity index (χ0n) is 14.7. The van der Waals surface area contributed by atoms with Gasteiger partial charge in [0, 0.05) is 6.42 Å². The normalized spacial score (nSPS) is 13.7. The molecule has 0 aromatic heterocycles. The van der Waals surface area contributed by atoms with Gasteiger partial charge in [0.15, 0.2) is 9.79 Å². The lowest BCUT2D eigenvalue weighted by Crippen LogP contribution is -2.12. The van der Waals surface area contributed by atoms with Crippen LogP contribution in [0.3, 0.4) is 0 Å². The molecular formula is C22H27S+. The second-order valence-corrected chi connectivity index (χ2v) is 8.70. The summed E-state index contributed by atoms with van der Waals surface area (Å²) >= 11 is 0. The molecule has 0 saturated carbocycles. The van der Waals surface area contributed by atoms with Crippen molar-refractivity contribution in [3.8, 4) is 0 Å². The van der Waals surface area contributed by atoms with E-state index in [9.17, 15) is 0 Å². The van der Waals surface area contributed by atoms with Crippen LogP contribution < -0.4 is 0 Å². The molecule has 0 heterocycles. The van der Waals surface area contributed by atoms with E-state index in [2.05, 4.69) is 94.9 Å². The minimum absolute atomic E-state index is 0.0341. The maximum atomic E-state index is 3.89. The van der Waals surface area contributed by atoms with E-state index in [1.807, 2.05) is 6.08 Å². The molecule has 0 aliphatic carbocycles. The molecule has 0 amide bonds. The van der Waals surface area contributed by atoms with Gasteiger partial charge in [-0.1, -0.05) is 70.7 Å². The van der Waals surface area contributed by atoms with Crippen molar-refractivity contribution in [2.45, 2.75) is 49.3 Å². The van der Waals surface area contributed by atoms with Gasteiger partial charge in [-0.3, -0.25) is 0 Å². The fraction of sp³-hybridized carbons (Fsp3) is 0.273. The molecule has 0 bridgehead atoms. The second-order valence-electron chi connectivity index (χ2n) is 6.62. The molecule has 0 fully saturated rings. The van der Waals surface area contributed by atoms with E-state index in [1.165, 1.54) is 20.3 Å². The van der Waals surface area contributed by atoms with Gasteiger partial charge in [0.05, 0.1) is 10.9 Å². The second kappa shape index (κ2) is 7.70. The topological polar surface area (TPSA) is 0 Å². The molecule has 2 aromatic carbocycles. The molecule has 1 unspecified atom stereocenters. The molecule has 0 spiro atoms. The SMILES string of the molecule is C=C/C=C(\CC)[S+](c1ccccc1)c1ccc(C(C)(C)C)cc1. The Labute approximate surface area is 144 Å². The Morgan fingerprint density at radius 3 is 2.00 bits per heavy atom. The van der Waals surface area contributed by atoms with E-state index in [0.29, 0.717) is 0 Å². The summed E-state index contributed by atoms with van der Waals surface area (Å²) in [6.07, 6.45) is 5.12. The van der Waals surface area contributed by atoms with Crippen LogP contribution in [0.25, 0.3) is 0 Å². The molecule has 1 heteroatoms. The molecule has 2 rings (SSSR count). The Hall–Kier alpha value is -1.73. The van der Waals surface area contributed by atoms with E-state index in [-0.39, 0.29) is 16.3 Å². The van der Waals surface area contributed by atoms with Crippen molar-refractivity contribution in [2.24, 2.45) is 0 Å². The summed E-state index contributed by atoms with van der Waals surface area (Å²) in [6.45, 7) is 12.9. The summed E-state index contributed by atoms with van der Waals surface area (Å²) in [6, 6.07) is 19.9. The van der Waals surface area contributed by atoms with E-state index in [4.69, 9.17) is 0 Å². The van der Waals surface area contributed by atoms with Gasteiger partial charge in [-0.05, 0) is 41.3 Å². The quantitative estimate of drug-likeness (QED) is 0.435. The number of hydrogen-bond acceptors (Lipinski definition) is 0. The zero-order valence-corrected chi connectivity index (χ0v) is 15.5. The lowest BCUT2D eigenvalue weighted by molar-refractivity contribution is 0.589. The van der Waals surface area contributed by atoms with Crippen molar-refractivity contribution in [1.29, 1.82) is 0 Å². The average Bonchev–Trinajstić information content (AvgIpc) is 2.55. The van der Waals surface area contributed by atoms with Gasteiger partial charge < -0.3 is 0 Å². The number of rotatable bonds is 5. The zero-order chi connectivity index (χ0) is 16.9. The van der Waals surface area contributed by atoms with E-state index >= 15 is 0 Å². The molecule has 0 aliphatic rings. The predicted octanol–water partition coefficient (Wildman–Crippen LogP) is 6.50. The summed E-state index contributed by atoms with van der Waals surface area (Å²) in [5, 5.41) is 0. The van der Waals surface area contributed by atoms with Gasteiger partial charge in [0.2, 0.25) is 0 Å². The predicted molar refractivity (Wildman–Crippen MR) is 104 cm³/mol. The van der Waals surface area contributed by atoms with Crippen LogP contribution in [0.1, 0.15) is 39.7 Å². The van der Waals surface area contributed by atoms with Crippen LogP contribution in [0.5, 0.6) is 0 Å². The van der Waals surface area contributed by atoms with Crippen molar-refractivity contribution >= 4 is 10.9 Å². The summed E-state index contributed by atoms with van der Waals surface area (Å²) < 4.78 is 0. The molecule has 0 radical (unpaired) electrons. The van der Waals surface area contributed by atoms with Crippen LogP contribution in [0.15, 0.2) is 88.0 Å². The summed E-state index contributed by atoms with van der Waals surface area (Å²) in [7, 11) is -0.0341. The number of benzene rings is 2. The van der Waals surface area contributed by atoms with Crippen molar-refractivity contribution < 1.29 is 0 Å². The van der Waals surface area contributed by atoms with Gasteiger partial charge in [-0.25, -0.2) is 0 Å². The number of allylic oxidation sites excluding steroid dienone is 3. The smallest absolute Gasteiger partial charge is 0.0989 e. The van der Waals surface area contributed by atoms with Crippen molar-refractivity contribution in [1.82, 2.24) is 0 Å². The Kier molecular flexibility index (Phi) is 5.90. The highest BCUT2D eigenvalue weighted by Crippen LogP contribution is 2.33. The Balaban J connectivity index is 2.50. The number of hydrogen-bond donors (Lipinski definition) is 0. The van der Waals surface area contributed by atoms with E-state index < -0.39 is 0 Å². The van der Waals surface area contributed by atoms with Crippen LogP contribution in [0.4, 0.5) is 0 Å². The highest BCUT2D eigenvalue weighted by molar-refractivity contribution is 8.00. The summed E-state index contributed by atoms with van der Waals surface area (Å²) in [5.41, 5.74) is 1.57. The lowest BCUT2D eigenvalue weighted by atomic mass is 9.87. The first-order valence-corrected chi connectivity index (χ1v) is 9.41. The van der Waals surface area contributed by atoms with Crippen LogP contribution in [-0.2, 0) is 16.3 Å². The van der Waals surface area contributed by atoms with Gasteiger partial charge in [0.25, 0.3) is 0 Å². The lowest BCUT2D eigenvalue weighted by Gasteiger charge is -2.19. The minimum atomic E-state index is -0.0341. The molecule has 2 aromatic rings. The molecule has 120 valence electrons. The highest BCUT2D eigenvalue weighted by atomic mass is 32.2. The molecule has 0 aliphatic heterocycles. The van der Waals surface area contributed by atoms with E-state index in [1.54, 1.807) is 0 Å². The van der Waals surface area contributed by atoms with Gasteiger partial charge >= 0.3 is 0 Å². The molecule has 0 nitrogen and oxygen atoms in total. The van der Waals surface area contributed by atoms with Crippen LogP contribution in [0, 0.1) is 0 Å². The van der Waals surface area contributed by atoms with Gasteiger partial charge in [-0.15, -0.1) is 0 Å². The van der Waals surface area contributed by atoms with Crippen molar-refractivity contribution in [3.05, 3.63) is 83.8 Å². The standard InChI is InChI=1S/C22H27S/c1-6-11-19(7-2)23(20-12-9-8-10-13-20)21-16-14-18(15-17-21)22(3,4)5/h6,8-17H,1,7H2,2-5H3/q+1/b19-11+. The van der Waals surface area contributed by atoms with Crippen LogP contribution in [-0.4, -0.2) is 0 Å². The maximum absolute atomic E-state index is 3.89. The van der Waals surface area contributed by atoms with Crippen molar-refractivity contribution in [2.75, 3.05) is 0 Å². The fourth-order valence-corrected chi connectivity index (χ4v) is 4.78. The summed E-state index contributed by atoms with van der Waals surface area (Å²) in [5.74, 6) is 0. The Bertz CT molecular complexity index is 657. The van der Waals surface area contributed by atoms with E-state index in [0.717, 1.165) is 6.42 Å². The first-order valence-electron chi connectivity index (χ1n) is 8.19. The third kappa shape index (κ3) is 4.39. The monoisotopic (exact) mass is 323 g/mol. The average molecular weight is 324 g/mol. The Morgan fingerprint density at radius 1 is 0.957 bits per heavy atom. The fourth-order valence-electron chi connectivity index (χ4n) is 2.55. The highest BCUT2D eigenvalue weighted by Gasteiger charge is 2.29. The maximum Gasteiger partial charge on any atom is 0.166 e. The largest absolute Gasteiger partial charge is 0.166 e. The molecular weight excluding hydrogens is 296 g/mol. The summed E-state index contributed by atoms with van der Waals surface area (Å²) in [4.78, 5) is 4.17. The van der Waals surface area contributed by atoms with Gasteiger partial charge in [-0.2, -0.15) is 0 Å². The molecule has 23 heavy (non-hydrogen) atoms.